The molecular weight excluding hydrogens is 438 g/mol. The third kappa shape index (κ3) is 4.36. The fourth-order valence-electron chi connectivity index (χ4n) is 4.30. The molecule has 4 aromatic rings. The van der Waals surface area contributed by atoms with E-state index in [1.807, 2.05) is 72.6 Å². The van der Waals surface area contributed by atoms with Crippen molar-refractivity contribution in [3.63, 3.8) is 0 Å². The highest BCUT2D eigenvalue weighted by atomic mass is 35.5. The van der Waals surface area contributed by atoms with Gasteiger partial charge in [0.2, 0.25) is 0 Å². The summed E-state index contributed by atoms with van der Waals surface area (Å²) in [6, 6.07) is 17.1. The maximum Gasteiger partial charge on any atom is 0.322 e. The number of carbonyl (C=O) groups excluding carboxylic acids is 1. The number of aromatic nitrogens is 3. The number of nitrogens with zero attached hydrogens (tertiary/aromatic N) is 4. The summed E-state index contributed by atoms with van der Waals surface area (Å²) < 4.78 is 7.63. The van der Waals surface area contributed by atoms with Crippen molar-refractivity contribution in [2.24, 2.45) is 0 Å². The molecule has 8 heteroatoms. The fraction of sp³-hybridized carbons (Fsp3) is 0.240. The van der Waals surface area contributed by atoms with E-state index in [0.717, 1.165) is 29.8 Å². The van der Waals surface area contributed by atoms with E-state index >= 15 is 0 Å². The van der Waals surface area contributed by atoms with Crippen LogP contribution in [0.1, 0.15) is 36.0 Å². The van der Waals surface area contributed by atoms with Gasteiger partial charge in [0.25, 0.3) is 0 Å². The molecule has 0 spiro atoms. The number of urea groups is 1. The van der Waals surface area contributed by atoms with Gasteiger partial charge in [0.1, 0.15) is 17.2 Å². The standard InChI is InChI=1S/C25H24ClN5O2/c1-17-22(23(33-29-17)19-6-3-2-4-7-19)28-25(32)31-14-5-8-21(31)24-27-13-15-30(24)16-18-9-11-20(26)12-10-18/h2-4,6-7,9-13,15,21H,5,8,14,16H2,1H3,(H,28,32)/t21-/m1/s1. The third-order valence-electron chi connectivity index (χ3n) is 5.96. The SMILES string of the molecule is Cc1noc(-c2ccccc2)c1NC(=O)N1CCC[C@@H]1c1nccn1Cc1ccc(Cl)cc1. The monoisotopic (exact) mass is 461 g/mol. The highest BCUT2D eigenvalue weighted by Crippen LogP contribution is 2.34. The summed E-state index contributed by atoms with van der Waals surface area (Å²) >= 11 is 6.02. The normalized spacial score (nSPS) is 15.7. The van der Waals surface area contributed by atoms with E-state index in [1.165, 1.54) is 0 Å². The maximum absolute atomic E-state index is 13.4. The van der Waals surface area contributed by atoms with Gasteiger partial charge < -0.3 is 19.3 Å². The first kappa shape index (κ1) is 21.3. The lowest BCUT2D eigenvalue weighted by Crippen LogP contribution is -2.35. The van der Waals surface area contributed by atoms with Gasteiger partial charge in [0.05, 0.1) is 6.04 Å². The van der Waals surface area contributed by atoms with Crippen LogP contribution in [0, 0.1) is 6.92 Å². The zero-order valence-corrected chi connectivity index (χ0v) is 19.0. The van der Waals surface area contributed by atoms with E-state index < -0.39 is 0 Å². The van der Waals surface area contributed by atoms with Crippen LogP contribution in [0.3, 0.4) is 0 Å². The molecule has 2 amide bonds. The van der Waals surface area contributed by atoms with Crippen LogP contribution in [0.15, 0.2) is 71.5 Å². The summed E-state index contributed by atoms with van der Waals surface area (Å²) in [5, 5.41) is 7.83. The van der Waals surface area contributed by atoms with Crippen molar-refractivity contribution < 1.29 is 9.32 Å². The first-order valence-electron chi connectivity index (χ1n) is 10.9. The number of anilines is 1. The summed E-state index contributed by atoms with van der Waals surface area (Å²) in [7, 11) is 0. The summed E-state index contributed by atoms with van der Waals surface area (Å²) in [4.78, 5) is 19.8. The minimum absolute atomic E-state index is 0.104. The molecule has 1 atom stereocenters. The number of nitrogens with one attached hydrogen (secondary N) is 1. The minimum atomic E-state index is -0.179. The van der Waals surface area contributed by atoms with Crippen molar-refractivity contribution in [1.82, 2.24) is 19.6 Å². The minimum Gasteiger partial charge on any atom is -0.354 e. The molecule has 0 aliphatic carbocycles. The zero-order chi connectivity index (χ0) is 22.8. The molecule has 168 valence electrons. The first-order valence-corrected chi connectivity index (χ1v) is 11.3. The zero-order valence-electron chi connectivity index (χ0n) is 18.2. The Morgan fingerprint density at radius 3 is 2.76 bits per heavy atom. The molecule has 2 aromatic carbocycles. The van der Waals surface area contributed by atoms with Crippen molar-refractivity contribution in [3.05, 3.63) is 89.1 Å². The highest BCUT2D eigenvalue weighted by Gasteiger charge is 2.34. The van der Waals surface area contributed by atoms with E-state index in [2.05, 4.69) is 20.0 Å². The molecule has 0 radical (unpaired) electrons. The molecular formula is C25H24ClN5O2. The number of hydrogen-bond acceptors (Lipinski definition) is 4. The van der Waals surface area contributed by atoms with Gasteiger partial charge in [-0.05, 0) is 37.5 Å². The first-order chi connectivity index (χ1) is 16.1. The Balaban J connectivity index is 1.36. The number of amides is 2. The largest absolute Gasteiger partial charge is 0.354 e. The number of likely N-dealkylation sites (tertiary alicyclic amines) is 1. The van der Waals surface area contributed by atoms with Crippen LogP contribution in [-0.4, -0.2) is 32.2 Å². The average molecular weight is 462 g/mol. The molecule has 33 heavy (non-hydrogen) atoms. The number of imidazole rings is 1. The predicted octanol–water partition coefficient (Wildman–Crippen LogP) is 5.92. The van der Waals surface area contributed by atoms with Crippen LogP contribution in [0.2, 0.25) is 5.02 Å². The highest BCUT2D eigenvalue weighted by molar-refractivity contribution is 6.30. The Morgan fingerprint density at radius 2 is 1.97 bits per heavy atom. The van der Waals surface area contributed by atoms with Gasteiger partial charge in [0.15, 0.2) is 5.76 Å². The van der Waals surface area contributed by atoms with E-state index in [0.29, 0.717) is 35.3 Å². The molecule has 0 unspecified atom stereocenters. The number of benzene rings is 2. The maximum atomic E-state index is 13.4. The second kappa shape index (κ2) is 9.11. The van der Waals surface area contributed by atoms with Gasteiger partial charge in [-0.25, -0.2) is 9.78 Å². The summed E-state index contributed by atoms with van der Waals surface area (Å²) in [5.74, 6) is 1.43. The molecule has 1 saturated heterocycles. The van der Waals surface area contributed by atoms with Crippen LogP contribution in [0.4, 0.5) is 10.5 Å². The molecule has 5 rings (SSSR count). The van der Waals surface area contributed by atoms with Gasteiger partial charge in [-0.1, -0.05) is 59.2 Å². The lowest BCUT2D eigenvalue weighted by molar-refractivity contribution is 0.204. The number of rotatable bonds is 5. The van der Waals surface area contributed by atoms with Crippen molar-refractivity contribution in [2.45, 2.75) is 32.4 Å². The van der Waals surface area contributed by atoms with Gasteiger partial charge >= 0.3 is 6.03 Å². The summed E-state index contributed by atoms with van der Waals surface area (Å²) in [6.45, 7) is 3.16. The lowest BCUT2D eigenvalue weighted by atomic mass is 10.1. The number of hydrogen-bond donors (Lipinski definition) is 1. The quantitative estimate of drug-likeness (QED) is 0.400. The molecule has 0 saturated carbocycles. The van der Waals surface area contributed by atoms with Crippen LogP contribution in [0.25, 0.3) is 11.3 Å². The molecule has 3 heterocycles. The van der Waals surface area contributed by atoms with Crippen LogP contribution < -0.4 is 5.32 Å². The Labute approximate surface area is 197 Å². The van der Waals surface area contributed by atoms with Crippen LogP contribution in [0.5, 0.6) is 0 Å². The topological polar surface area (TPSA) is 76.2 Å². The van der Waals surface area contributed by atoms with Crippen molar-refractivity contribution in [1.29, 1.82) is 0 Å². The number of halogens is 1. The van der Waals surface area contributed by atoms with Gasteiger partial charge in [-0.15, -0.1) is 0 Å². The van der Waals surface area contributed by atoms with Crippen molar-refractivity contribution in [2.75, 3.05) is 11.9 Å². The molecule has 1 aliphatic heterocycles. The van der Waals surface area contributed by atoms with Gasteiger partial charge in [-0.3, -0.25) is 0 Å². The Kier molecular flexibility index (Phi) is 5.88. The average Bonchev–Trinajstić information content (AvgIpc) is 3.56. The smallest absolute Gasteiger partial charge is 0.322 e. The molecule has 0 bridgehead atoms. The summed E-state index contributed by atoms with van der Waals surface area (Å²) in [6.07, 6.45) is 5.52. The van der Waals surface area contributed by atoms with Gasteiger partial charge in [-0.2, -0.15) is 0 Å². The second-order valence-electron chi connectivity index (χ2n) is 8.16. The number of aryl methyl sites for hydroxylation is 1. The Morgan fingerprint density at radius 1 is 1.18 bits per heavy atom. The lowest BCUT2D eigenvalue weighted by Gasteiger charge is -2.25. The van der Waals surface area contributed by atoms with E-state index in [1.54, 1.807) is 6.20 Å². The van der Waals surface area contributed by atoms with Gasteiger partial charge in [0, 0.05) is 36.1 Å². The van der Waals surface area contributed by atoms with Crippen molar-refractivity contribution in [3.8, 4) is 11.3 Å². The number of carbonyl (C=O) groups is 1. The Hall–Kier alpha value is -3.58. The second-order valence-corrected chi connectivity index (χ2v) is 8.60. The predicted molar refractivity (Wildman–Crippen MR) is 127 cm³/mol. The Bertz CT molecular complexity index is 1250. The van der Waals surface area contributed by atoms with E-state index in [9.17, 15) is 4.79 Å². The van der Waals surface area contributed by atoms with Crippen molar-refractivity contribution >= 4 is 23.3 Å². The molecule has 2 aromatic heterocycles. The fourth-order valence-corrected chi connectivity index (χ4v) is 4.42. The van der Waals surface area contributed by atoms with E-state index in [-0.39, 0.29) is 12.1 Å². The molecule has 1 aliphatic rings. The summed E-state index contributed by atoms with van der Waals surface area (Å²) in [5.41, 5.74) is 3.23. The molecule has 1 fully saturated rings. The van der Waals surface area contributed by atoms with E-state index in [4.69, 9.17) is 16.1 Å². The van der Waals surface area contributed by atoms with Crippen LogP contribution >= 0.6 is 11.6 Å². The molecule has 1 N–H and O–H groups in total. The van der Waals surface area contributed by atoms with Crippen LogP contribution in [-0.2, 0) is 6.54 Å². The molecule has 7 nitrogen and oxygen atoms in total. The third-order valence-corrected chi connectivity index (χ3v) is 6.21.